The van der Waals surface area contributed by atoms with Crippen molar-refractivity contribution in [3.05, 3.63) is 64.8 Å². The van der Waals surface area contributed by atoms with Crippen LogP contribution in [0.25, 0.3) is 10.2 Å². The Morgan fingerprint density at radius 3 is 2.59 bits per heavy atom. The van der Waals surface area contributed by atoms with Crippen molar-refractivity contribution in [3.8, 4) is 0 Å². The quantitative estimate of drug-likeness (QED) is 0.471. The fourth-order valence-electron chi connectivity index (χ4n) is 3.00. The number of aromatic amines is 1. The highest BCUT2D eigenvalue weighted by Crippen LogP contribution is 2.30. The number of fused-ring (bicyclic) bond motifs is 1. The van der Waals surface area contributed by atoms with Gasteiger partial charge in [-0.15, -0.1) is 11.3 Å². The molecule has 3 N–H and O–H groups in total. The molecule has 0 aliphatic heterocycles. The molecule has 4 rings (SSSR count). The fourth-order valence-corrected chi connectivity index (χ4v) is 3.89. The Balaban J connectivity index is 1.54. The first kappa shape index (κ1) is 18.9. The molecule has 9 heteroatoms. The van der Waals surface area contributed by atoms with Gasteiger partial charge in [-0.2, -0.15) is 10.2 Å². The molecule has 0 bridgehead atoms. The van der Waals surface area contributed by atoms with Gasteiger partial charge in [-0.05, 0) is 31.5 Å². The van der Waals surface area contributed by atoms with Gasteiger partial charge in [0.25, 0.3) is 11.8 Å². The normalized spacial score (nSPS) is 11.6. The molecule has 0 aliphatic carbocycles. The van der Waals surface area contributed by atoms with E-state index in [1.54, 1.807) is 30.1 Å². The van der Waals surface area contributed by atoms with Crippen molar-refractivity contribution < 1.29 is 9.59 Å². The van der Waals surface area contributed by atoms with E-state index in [1.807, 2.05) is 44.2 Å². The molecule has 0 fully saturated rings. The minimum absolute atomic E-state index is 0.191. The average Bonchev–Trinajstić information content (AvgIpc) is 3.39. The molecule has 0 saturated heterocycles. The van der Waals surface area contributed by atoms with Crippen LogP contribution in [0.4, 0.5) is 5.82 Å². The first-order valence-electron chi connectivity index (χ1n) is 9.00. The topological polar surface area (TPSA) is 105 Å². The number of H-pyrrole nitrogens is 1. The van der Waals surface area contributed by atoms with Gasteiger partial charge in [-0.1, -0.05) is 30.3 Å². The second-order valence-corrected chi connectivity index (χ2v) is 8.23. The lowest BCUT2D eigenvalue weighted by Crippen LogP contribution is -2.40. The van der Waals surface area contributed by atoms with Crippen molar-refractivity contribution in [1.29, 1.82) is 0 Å². The van der Waals surface area contributed by atoms with Gasteiger partial charge in [0.15, 0.2) is 5.69 Å². The fraction of sp³-hybridized carbons (Fsp3) is 0.200. The van der Waals surface area contributed by atoms with E-state index in [2.05, 4.69) is 25.9 Å². The third kappa shape index (κ3) is 3.77. The lowest BCUT2D eigenvalue weighted by atomic mass is 9.94. The first-order chi connectivity index (χ1) is 13.8. The summed E-state index contributed by atoms with van der Waals surface area (Å²) in [5.74, 6) is -0.101. The van der Waals surface area contributed by atoms with Crippen molar-refractivity contribution in [1.82, 2.24) is 25.3 Å². The van der Waals surface area contributed by atoms with E-state index in [4.69, 9.17) is 0 Å². The van der Waals surface area contributed by atoms with Gasteiger partial charge in [-0.25, -0.2) is 0 Å². The highest BCUT2D eigenvalue weighted by atomic mass is 32.1. The Kier molecular flexibility index (Phi) is 4.67. The average molecular weight is 408 g/mol. The van der Waals surface area contributed by atoms with Crippen LogP contribution in [0.2, 0.25) is 0 Å². The maximum Gasteiger partial charge on any atom is 0.277 e. The number of amides is 2. The van der Waals surface area contributed by atoms with Gasteiger partial charge < -0.3 is 10.6 Å². The van der Waals surface area contributed by atoms with Gasteiger partial charge in [0.2, 0.25) is 0 Å². The van der Waals surface area contributed by atoms with Crippen LogP contribution < -0.4 is 10.6 Å². The number of nitrogens with one attached hydrogen (secondary N) is 3. The number of aryl methyl sites for hydroxylation is 1. The van der Waals surface area contributed by atoms with Crippen molar-refractivity contribution in [2.75, 3.05) is 5.32 Å². The van der Waals surface area contributed by atoms with Crippen LogP contribution in [0.1, 0.15) is 39.6 Å². The highest BCUT2D eigenvalue weighted by molar-refractivity contribution is 7.20. The van der Waals surface area contributed by atoms with Gasteiger partial charge in [0.1, 0.15) is 10.6 Å². The number of carbonyl (C=O) groups is 2. The Hall–Kier alpha value is -3.46. The standard InChI is InChI=1S/C20H20N6O2S/c1-20(2,12-7-5-4-6-8-12)22-18(28)15-11-13-16(23-24-19(13)29-15)21-17(27)14-9-10-26(3)25-14/h4-11H,1-3H3,(H,22,28)(H2,21,23,24,27). The number of hydrogen-bond donors (Lipinski definition) is 3. The number of rotatable bonds is 5. The number of anilines is 1. The third-order valence-corrected chi connectivity index (χ3v) is 5.61. The number of benzene rings is 1. The zero-order valence-corrected chi connectivity index (χ0v) is 17.0. The maximum absolute atomic E-state index is 12.8. The van der Waals surface area contributed by atoms with Crippen molar-refractivity contribution in [2.24, 2.45) is 7.05 Å². The van der Waals surface area contributed by atoms with E-state index in [1.165, 1.54) is 11.3 Å². The Labute approximate surface area is 170 Å². The van der Waals surface area contributed by atoms with E-state index in [-0.39, 0.29) is 11.8 Å². The molecule has 0 radical (unpaired) electrons. The molecule has 0 saturated carbocycles. The van der Waals surface area contributed by atoms with Crippen molar-refractivity contribution in [2.45, 2.75) is 19.4 Å². The molecule has 0 unspecified atom stereocenters. The molecule has 3 heterocycles. The summed E-state index contributed by atoms with van der Waals surface area (Å²) in [5, 5.41) is 17.6. The summed E-state index contributed by atoms with van der Waals surface area (Å²) >= 11 is 1.26. The molecule has 2 amide bonds. The maximum atomic E-state index is 12.8. The van der Waals surface area contributed by atoms with Crippen LogP contribution in [0.3, 0.4) is 0 Å². The highest BCUT2D eigenvalue weighted by Gasteiger charge is 2.25. The van der Waals surface area contributed by atoms with Gasteiger partial charge >= 0.3 is 0 Å². The van der Waals surface area contributed by atoms with E-state index in [0.717, 1.165) is 5.56 Å². The van der Waals surface area contributed by atoms with Crippen LogP contribution in [0.15, 0.2) is 48.7 Å². The monoisotopic (exact) mass is 408 g/mol. The number of hydrogen-bond acceptors (Lipinski definition) is 5. The Morgan fingerprint density at radius 2 is 1.90 bits per heavy atom. The van der Waals surface area contributed by atoms with Crippen molar-refractivity contribution in [3.63, 3.8) is 0 Å². The van der Waals surface area contributed by atoms with E-state index >= 15 is 0 Å². The molecule has 4 aromatic rings. The second kappa shape index (κ2) is 7.17. The Bertz CT molecular complexity index is 1190. The predicted molar refractivity (Wildman–Crippen MR) is 112 cm³/mol. The van der Waals surface area contributed by atoms with Crippen LogP contribution in [0, 0.1) is 0 Å². The Morgan fingerprint density at radius 1 is 1.14 bits per heavy atom. The summed E-state index contributed by atoms with van der Waals surface area (Å²) in [6.45, 7) is 3.91. The van der Waals surface area contributed by atoms with Gasteiger partial charge in [0, 0.05) is 13.2 Å². The molecule has 0 atom stereocenters. The van der Waals surface area contributed by atoms with Crippen LogP contribution in [-0.4, -0.2) is 31.8 Å². The summed E-state index contributed by atoms with van der Waals surface area (Å²) in [5.41, 5.74) is 0.786. The summed E-state index contributed by atoms with van der Waals surface area (Å²) in [6.07, 6.45) is 1.69. The molecule has 3 aromatic heterocycles. The number of thiophene rings is 1. The molecule has 1 aromatic carbocycles. The largest absolute Gasteiger partial charge is 0.342 e. The molecule has 0 aliphatic rings. The van der Waals surface area contributed by atoms with Crippen LogP contribution in [0.5, 0.6) is 0 Å². The molecule has 8 nitrogen and oxygen atoms in total. The van der Waals surface area contributed by atoms with E-state index in [9.17, 15) is 9.59 Å². The van der Waals surface area contributed by atoms with Crippen molar-refractivity contribution >= 4 is 39.2 Å². The zero-order chi connectivity index (χ0) is 20.6. The summed E-state index contributed by atoms with van der Waals surface area (Å²) < 4.78 is 1.55. The molecular formula is C20H20N6O2S. The van der Waals surface area contributed by atoms with Gasteiger partial charge in [-0.3, -0.25) is 19.4 Å². The first-order valence-corrected chi connectivity index (χ1v) is 9.82. The zero-order valence-electron chi connectivity index (χ0n) is 16.2. The summed E-state index contributed by atoms with van der Waals surface area (Å²) in [6, 6.07) is 13.1. The molecule has 0 spiro atoms. The lowest BCUT2D eigenvalue weighted by Gasteiger charge is -2.26. The minimum atomic E-state index is -0.526. The summed E-state index contributed by atoms with van der Waals surface area (Å²) in [7, 11) is 1.74. The number of carbonyl (C=O) groups excluding carboxylic acids is 2. The van der Waals surface area contributed by atoms with Crippen LogP contribution in [-0.2, 0) is 12.6 Å². The number of nitrogens with zero attached hydrogens (tertiary/aromatic N) is 3. The SMILES string of the molecule is Cn1ccc(C(=O)Nc2[nH]nc3sc(C(=O)NC(C)(C)c4ccccc4)cc23)n1. The molecule has 148 valence electrons. The van der Waals surface area contributed by atoms with E-state index < -0.39 is 5.54 Å². The molecular weight excluding hydrogens is 388 g/mol. The van der Waals surface area contributed by atoms with E-state index in [0.29, 0.717) is 26.6 Å². The summed E-state index contributed by atoms with van der Waals surface area (Å²) in [4.78, 5) is 26.3. The second-order valence-electron chi connectivity index (χ2n) is 7.20. The third-order valence-electron chi connectivity index (χ3n) is 4.58. The molecule has 29 heavy (non-hydrogen) atoms. The smallest absolute Gasteiger partial charge is 0.277 e. The minimum Gasteiger partial charge on any atom is -0.342 e. The van der Waals surface area contributed by atoms with Gasteiger partial charge in [0.05, 0.1) is 15.8 Å². The predicted octanol–water partition coefficient (Wildman–Crippen LogP) is 3.28. The number of aromatic nitrogens is 4. The van der Waals surface area contributed by atoms with Crippen LogP contribution >= 0.6 is 11.3 Å². The lowest BCUT2D eigenvalue weighted by molar-refractivity contribution is 0.0915.